The molecule has 0 aliphatic rings. The Kier molecular flexibility index (Phi) is 7.24. The zero-order chi connectivity index (χ0) is 40.0. The fraction of sp³-hybridized carbons (Fsp3) is 0. The Labute approximate surface area is 350 Å². The molecule has 0 spiro atoms. The summed E-state index contributed by atoms with van der Waals surface area (Å²) < 4.78 is 11.4. The third-order valence-electron chi connectivity index (χ3n) is 12.3. The molecule has 4 aromatic heterocycles. The Morgan fingerprint density at radius 3 is 1.64 bits per heavy atom. The molecule has 284 valence electrons. The minimum Gasteiger partial charge on any atom is -0.456 e. The van der Waals surface area contributed by atoms with Crippen molar-refractivity contribution in [2.45, 2.75) is 0 Å². The number of para-hydroxylation sites is 3. The highest BCUT2D eigenvalue weighted by atomic mass is 16.3. The number of rotatable bonds is 5. The second kappa shape index (κ2) is 13.1. The molecule has 0 aliphatic heterocycles. The van der Waals surface area contributed by atoms with Gasteiger partial charge >= 0.3 is 0 Å². The zero-order valence-corrected chi connectivity index (χ0v) is 32.8. The van der Waals surface area contributed by atoms with E-state index in [0.717, 1.165) is 83.1 Å². The summed E-state index contributed by atoms with van der Waals surface area (Å²) in [6, 6.07) is 73.1. The third kappa shape index (κ3) is 5.08. The Morgan fingerprint density at radius 2 is 0.869 bits per heavy atom. The number of benzene rings is 9. The minimum atomic E-state index is 0.698. The molecule has 0 bridgehead atoms. The summed E-state index contributed by atoms with van der Waals surface area (Å²) in [5.41, 5.74) is 14.7. The molecule has 0 unspecified atom stereocenters. The lowest BCUT2D eigenvalue weighted by Gasteiger charge is -2.14. The van der Waals surface area contributed by atoms with Crippen LogP contribution in [0.4, 0.5) is 0 Å². The molecule has 5 nitrogen and oxygen atoms in total. The van der Waals surface area contributed by atoms with E-state index in [1.807, 2.05) is 18.2 Å². The van der Waals surface area contributed by atoms with Crippen LogP contribution in [0.2, 0.25) is 0 Å². The first kappa shape index (κ1) is 33.7. The molecule has 9 aromatic carbocycles. The number of hydrogen-bond donors (Lipinski definition) is 0. The van der Waals surface area contributed by atoms with E-state index in [4.69, 9.17) is 14.4 Å². The predicted octanol–water partition coefficient (Wildman–Crippen LogP) is 14.7. The quantitative estimate of drug-likeness (QED) is 0.175. The van der Waals surface area contributed by atoms with Crippen molar-refractivity contribution in [3.63, 3.8) is 0 Å². The first-order chi connectivity index (χ1) is 30.3. The zero-order valence-electron chi connectivity index (χ0n) is 32.8. The van der Waals surface area contributed by atoms with E-state index in [9.17, 15) is 0 Å². The van der Waals surface area contributed by atoms with Gasteiger partial charge in [-0.15, -0.1) is 0 Å². The van der Waals surface area contributed by atoms with Gasteiger partial charge in [-0.05, 0) is 77.9 Å². The van der Waals surface area contributed by atoms with Gasteiger partial charge in [-0.3, -0.25) is 0 Å². The maximum atomic E-state index is 6.53. The van der Waals surface area contributed by atoms with Gasteiger partial charge in [0.2, 0.25) is 0 Å². The van der Waals surface area contributed by atoms with Crippen LogP contribution in [0.3, 0.4) is 0 Å². The monoisotopic (exact) mass is 778 g/mol. The van der Waals surface area contributed by atoms with E-state index in [1.54, 1.807) is 0 Å². The normalized spacial score (nSPS) is 11.9. The lowest BCUT2D eigenvalue weighted by atomic mass is 10.1. The molecule has 0 fully saturated rings. The maximum Gasteiger partial charge on any atom is 0.160 e. The first-order valence-corrected chi connectivity index (χ1v) is 20.7. The van der Waals surface area contributed by atoms with E-state index in [-0.39, 0.29) is 0 Å². The SMILES string of the molecule is c1ccc(-c2ccc(-n3c4c(ccc5oc6ccccc6c54)c4ccc5c6ccccc6n(-c6ccc(-c7nc(-c8ccccc8)c8ccccc8n7)cc6)c5c43)cc2)cc1. The first-order valence-electron chi connectivity index (χ1n) is 20.7. The molecule has 0 saturated carbocycles. The number of hydrogen-bond acceptors (Lipinski definition) is 3. The Balaban J connectivity index is 1.09. The summed E-state index contributed by atoms with van der Waals surface area (Å²) in [7, 11) is 0. The fourth-order valence-electron chi connectivity index (χ4n) is 9.59. The molecule has 0 amide bonds. The van der Waals surface area contributed by atoms with Gasteiger partial charge < -0.3 is 13.6 Å². The lowest BCUT2D eigenvalue weighted by molar-refractivity contribution is 0.669. The van der Waals surface area contributed by atoms with E-state index >= 15 is 0 Å². The average Bonchev–Trinajstić information content (AvgIpc) is 4.00. The van der Waals surface area contributed by atoms with Crippen molar-refractivity contribution < 1.29 is 4.42 Å². The van der Waals surface area contributed by atoms with Gasteiger partial charge in [-0.2, -0.15) is 0 Å². The van der Waals surface area contributed by atoms with Crippen molar-refractivity contribution in [3.05, 3.63) is 206 Å². The van der Waals surface area contributed by atoms with Crippen molar-refractivity contribution in [1.29, 1.82) is 0 Å². The van der Waals surface area contributed by atoms with Gasteiger partial charge in [0.1, 0.15) is 11.2 Å². The van der Waals surface area contributed by atoms with Gasteiger partial charge in [0.05, 0.1) is 38.7 Å². The van der Waals surface area contributed by atoms with E-state index in [1.165, 1.54) is 32.7 Å². The molecule has 0 radical (unpaired) electrons. The summed E-state index contributed by atoms with van der Waals surface area (Å²) >= 11 is 0. The van der Waals surface area contributed by atoms with Crippen molar-refractivity contribution in [2.24, 2.45) is 0 Å². The van der Waals surface area contributed by atoms with Crippen molar-refractivity contribution in [2.75, 3.05) is 0 Å². The Hall–Kier alpha value is -8.28. The fourth-order valence-corrected chi connectivity index (χ4v) is 9.59. The van der Waals surface area contributed by atoms with Gasteiger partial charge in [0.25, 0.3) is 0 Å². The predicted molar refractivity (Wildman–Crippen MR) is 252 cm³/mol. The maximum absolute atomic E-state index is 6.53. The number of fused-ring (bicyclic) bond motifs is 12. The smallest absolute Gasteiger partial charge is 0.160 e. The molecule has 0 aliphatic carbocycles. The number of aromatic nitrogens is 4. The van der Waals surface area contributed by atoms with Crippen LogP contribution in [0.1, 0.15) is 0 Å². The third-order valence-corrected chi connectivity index (χ3v) is 12.3. The van der Waals surface area contributed by atoms with E-state index in [2.05, 4.69) is 197 Å². The van der Waals surface area contributed by atoms with Crippen LogP contribution >= 0.6 is 0 Å². The number of furan rings is 1. The summed E-state index contributed by atoms with van der Waals surface area (Å²) in [4.78, 5) is 10.3. The second-order valence-corrected chi connectivity index (χ2v) is 15.7. The summed E-state index contributed by atoms with van der Waals surface area (Å²) in [5.74, 6) is 0.698. The van der Waals surface area contributed by atoms with Crippen molar-refractivity contribution in [3.8, 4) is 45.1 Å². The topological polar surface area (TPSA) is 48.8 Å². The van der Waals surface area contributed by atoms with Gasteiger partial charge in [0, 0.05) is 54.8 Å². The summed E-state index contributed by atoms with van der Waals surface area (Å²) in [6.07, 6.45) is 0. The molecule has 4 heterocycles. The molecule has 0 atom stereocenters. The molecule has 61 heavy (non-hydrogen) atoms. The number of nitrogens with zero attached hydrogens (tertiary/aromatic N) is 4. The Bertz CT molecular complexity index is 3840. The molecule has 13 rings (SSSR count). The molecule has 5 heteroatoms. The highest BCUT2D eigenvalue weighted by molar-refractivity contribution is 6.29. The highest BCUT2D eigenvalue weighted by Crippen LogP contribution is 2.45. The van der Waals surface area contributed by atoms with Crippen molar-refractivity contribution in [1.82, 2.24) is 19.1 Å². The minimum absolute atomic E-state index is 0.698. The van der Waals surface area contributed by atoms with Crippen LogP contribution in [-0.2, 0) is 0 Å². The molecular weight excluding hydrogens is 745 g/mol. The molecule has 0 N–H and O–H groups in total. The lowest BCUT2D eigenvalue weighted by Crippen LogP contribution is -1.99. The largest absolute Gasteiger partial charge is 0.456 e. The summed E-state index contributed by atoms with van der Waals surface area (Å²) in [6.45, 7) is 0. The van der Waals surface area contributed by atoms with E-state index < -0.39 is 0 Å². The average molecular weight is 779 g/mol. The van der Waals surface area contributed by atoms with Crippen LogP contribution in [0.5, 0.6) is 0 Å². The molecular formula is C56H34N4O. The highest BCUT2D eigenvalue weighted by Gasteiger charge is 2.24. The van der Waals surface area contributed by atoms with Gasteiger partial charge in [0.15, 0.2) is 5.82 Å². The van der Waals surface area contributed by atoms with Crippen molar-refractivity contribution >= 4 is 76.5 Å². The van der Waals surface area contributed by atoms with E-state index in [0.29, 0.717) is 5.82 Å². The van der Waals surface area contributed by atoms with Crippen LogP contribution in [0, 0.1) is 0 Å². The standard InChI is InChI=1S/C56H34N4O/c1-3-13-35(14-4-1)36-23-27-40(28-24-36)60-53-43(33-34-50-51(53)46-19-9-12-22-49(46)61-50)44-32-31-42-41-17-8-11-21-48(41)59(54(42)55(44)60)39-29-25-38(26-30-39)56-57-47-20-10-7-18-45(47)52(58-56)37-15-5-2-6-16-37/h1-34H. The van der Waals surface area contributed by atoms with Crippen LogP contribution in [0.25, 0.3) is 122 Å². The van der Waals surface area contributed by atoms with Crippen LogP contribution in [0.15, 0.2) is 211 Å². The summed E-state index contributed by atoms with van der Waals surface area (Å²) in [5, 5.41) is 8.00. The van der Waals surface area contributed by atoms with Gasteiger partial charge in [-0.1, -0.05) is 140 Å². The van der Waals surface area contributed by atoms with Gasteiger partial charge in [-0.25, -0.2) is 9.97 Å². The molecule has 13 aromatic rings. The van der Waals surface area contributed by atoms with Crippen LogP contribution in [-0.4, -0.2) is 19.1 Å². The van der Waals surface area contributed by atoms with Crippen LogP contribution < -0.4 is 0 Å². The molecule has 0 saturated heterocycles. The Morgan fingerprint density at radius 1 is 0.328 bits per heavy atom. The second-order valence-electron chi connectivity index (χ2n) is 15.7.